The summed E-state index contributed by atoms with van der Waals surface area (Å²) in [4.78, 5) is 14.1. The zero-order chi connectivity index (χ0) is 10.9. The van der Waals surface area contributed by atoms with E-state index in [1.54, 1.807) is 0 Å². The molecule has 0 saturated heterocycles. The van der Waals surface area contributed by atoms with Gasteiger partial charge in [0.15, 0.2) is 0 Å². The summed E-state index contributed by atoms with van der Waals surface area (Å²) < 4.78 is 24.5. The zero-order valence-corrected chi connectivity index (χ0v) is 8.25. The number of halogens is 3. The first-order chi connectivity index (χ1) is 6.45. The molecule has 0 radical (unpaired) electrons. The Hall–Kier alpha value is -1.24. The average Bonchev–Trinajstić information content (AvgIpc) is 2.02. The lowest BCUT2D eigenvalue weighted by Gasteiger charge is -2.07. The van der Waals surface area contributed by atoms with Crippen molar-refractivity contribution in [2.75, 3.05) is 5.73 Å². The number of aromatic nitrogens is 1. The zero-order valence-electron chi connectivity index (χ0n) is 6.67. The number of carboxylic acid groups (broad SMARTS) is 1. The number of rotatable bonds is 2. The van der Waals surface area contributed by atoms with E-state index in [4.69, 9.17) is 10.8 Å². The summed E-state index contributed by atoms with van der Waals surface area (Å²) in [5, 5.41) is 8.66. The Balaban J connectivity index is 3.41. The van der Waals surface area contributed by atoms with Gasteiger partial charge in [0.2, 0.25) is 0 Å². The van der Waals surface area contributed by atoms with Crippen LogP contribution in [-0.4, -0.2) is 16.1 Å². The van der Waals surface area contributed by atoms with Crippen LogP contribution in [0.5, 0.6) is 0 Å². The van der Waals surface area contributed by atoms with Gasteiger partial charge in [-0.05, 0) is 15.9 Å². The average molecular weight is 267 g/mol. The van der Waals surface area contributed by atoms with E-state index in [1.807, 2.05) is 0 Å². The number of carbonyl (C=O) groups is 1. The summed E-state index contributed by atoms with van der Waals surface area (Å²) in [5.74, 6) is -1.40. The molecule has 0 aliphatic carbocycles. The molecule has 0 aliphatic rings. The molecular weight excluding hydrogens is 262 g/mol. The van der Waals surface area contributed by atoms with E-state index in [-0.39, 0.29) is 4.60 Å². The first kappa shape index (κ1) is 10.8. The lowest BCUT2D eigenvalue weighted by molar-refractivity contribution is 0.0696. The molecule has 7 heteroatoms. The van der Waals surface area contributed by atoms with E-state index in [1.165, 1.54) is 0 Å². The summed E-state index contributed by atoms with van der Waals surface area (Å²) in [6.07, 6.45) is -2.00. The smallest absolute Gasteiger partial charge is 0.340 e. The van der Waals surface area contributed by atoms with Crippen LogP contribution in [0.15, 0.2) is 10.8 Å². The molecule has 14 heavy (non-hydrogen) atoms. The van der Waals surface area contributed by atoms with Gasteiger partial charge < -0.3 is 10.8 Å². The third-order valence-corrected chi connectivity index (χ3v) is 2.15. The molecule has 0 fully saturated rings. The summed E-state index contributed by atoms with van der Waals surface area (Å²) >= 11 is 2.81. The van der Waals surface area contributed by atoms with E-state index in [0.29, 0.717) is 0 Å². The van der Waals surface area contributed by atoms with Crippen molar-refractivity contribution in [1.82, 2.24) is 4.98 Å². The highest BCUT2D eigenvalue weighted by molar-refractivity contribution is 9.10. The maximum Gasteiger partial charge on any atom is 0.340 e. The normalized spacial score (nSPS) is 10.6. The van der Waals surface area contributed by atoms with Crippen molar-refractivity contribution < 1.29 is 18.7 Å². The van der Waals surface area contributed by atoms with Crippen molar-refractivity contribution >= 4 is 27.6 Å². The highest BCUT2D eigenvalue weighted by atomic mass is 79.9. The van der Waals surface area contributed by atoms with Crippen LogP contribution < -0.4 is 5.73 Å². The molecule has 76 valence electrons. The Morgan fingerprint density at radius 3 is 2.64 bits per heavy atom. The lowest BCUT2D eigenvalue weighted by Crippen LogP contribution is -2.08. The number of nitrogen functional groups attached to an aromatic ring is 1. The molecule has 1 aromatic heterocycles. The predicted octanol–water partition coefficient (Wildman–Crippen LogP) is 2.06. The monoisotopic (exact) mass is 266 g/mol. The van der Waals surface area contributed by atoms with Gasteiger partial charge in [0, 0.05) is 6.20 Å². The molecule has 3 N–H and O–H groups in total. The highest BCUT2D eigenvalue weighted by Gasteiger charge is 2.21. The van der Waals surface area contributed by atoms with Crippen LogP contribution in [-0.2, 0) is 0 Å². The number of nitrogens with two attached hydrogens (primary N) is 1. The van der Waals surface area contributed by atoms with Crippen LogP contribution in [0.1, 0.15) is 22.3 Å². The van der Waals surface area contributed by atoms with Crippen LogP contribution in [0, 0.1) is 0 Å². The van der Waals surface area contributed by atoms with Gasteiger partial charge in [-0.1, -0.05) is 0 Å². The molecule has 0 amide bonds. The number of alkyl halides is 2. The summed E-state index contributed by atoms with van der Waals surface area (Å²) in [7, 11) is 0. The van der Waals surface area contributed by atoms with Crippen molar-refractivity contribution in [3.8, 4) is 0 Å². The second kappa shape index (κ2) is 3.87. The Kier molecular flexibility index (Phi) is 3.00. The number of hydrogen-bond donors (Lipinski definition) is 2. The van der Waals surface area contributed by atoms with Gasteiger partial charge in [0.1, 0.15) is 10.2 Å². The van der Waals surface area contributed by atoms with Crippen molar-refractivity contribution in [3.63, 3.8) is 0 Å². The maximum atomic E-state index is 12.3. The first-order valence-electron chi connectivity index (χ1n) is 3.40. The van der Waals surface area contributed by atoms with Gasteiger partial charge in [-0.2, -0.15) is 0 Å². The molecule has 0 unspecified atom stereocenters. The van der Waals surface area contributed by atoms with Gasteiger partial charge in [-0.25, -0.2) is 18.6 Å². The van der Waals surface area contributed by atoms with Crippen molar-refractivity contribution in [1.29, 1.82) is 0 Å². The quantitative estimate of drug-likeness (QED) is 0.804. The first-order valence-corrected chi connectivity index (χ1v) is 4.19. The molecule has 0 saturated carbocycles. The Morgan fingerprint density at radius 2 is 2.21 bits per heavy atom. The molecule has 0 atom stereocenters. The van der Waals surface area contributed by atoms with Crippen LogP contribution in [0.2, 0.25) is 0 Å². The highest BCUT2D eigenvalue weighted by Crippen LogP contribution is 2.30. The maximum absolute atomic E-state index is 12.3. The van der Waals surface area contributed by atoms with Gasteiger partial charge >= 0.3 is 5.97 Å². The summed E-state index contributed by atoms with van der Waals surface area (Å²) in [5.41, 5.74) is 3.77. The fraction of sp³-hybridized carbons (Fsp3) is 0.143. The largest absolute Gasteiger partial charge is 0.478 e. The van der Waals surface area contributed by atoms with E-state index in [2.05, 4.69) is 20.9 Å². The van der Waals surface area contributed by atoms with E-state index < -0.39 is 29.2 Å². The molecule has 1 rings (SSSR count). The Morgan fingerprint density at radius 1 is 1.64 bits per heavy atom. The second-order valence-electron chi connectivity index (χ2n) is 2.40. The number of carboxylic acids is 1. The third kappa shape index (κ3) is 1.82. The number of anilines is 1. The van der Waals surface area contributed by atoms with Crippen LogP contribution in [0.25, 0.3) is 0 Å². The minimum atomic E-state index is -2.84. The van der Waals surface area contributed by atoms with E-state index in [0.717, 1.165) is 6.20 Å². The molecule has 1 aromatic rings. The van der Waals surface area contributed by atoms with E-state index >= 15 is 0 Å². The number of nitrogens with zero attached hydrogens (tertiary/aromatic N) is 1. The Bertz CT molecular complexity index is 384. The molecule has 0 aliphatic heterocycles. The van der Waals surface area contributed by atoms with Gasteiger partial charge in [0.05, 0.1) is 11.3 Å². The van der Waals surface area contributed by atoms with Gasteiger partial charge in [-0.3, -0.25) is 0 Å². The molecule has 0 spiro atoms. The van der Waals surface area contributed by atoms with Gasteiger partial charge in [-0.15, -0.1) is 0 Å². The minimum Gasteiger partial charge on any atom is -0.478 e. The van der Waals surface area contributed by atoms with Gasteiger partial charge in [0.25, 0.3) is 6.43 Å². The number of hydrogen-bond acceptors (Lipinski definition) is 3. The van der Waals surface area contributed by atoms with Crippen molar-refractivity contribution in [3.05, 3.63) is 21.9 Å². The lowest BCUT2D eigenvalue weighted by atomic mass is 10.1. The third-order valence-electron chi connectivity index (χ3n) is 1.55. The second-order valence-corrected chi connectivity index (χ2v) is 3.15. The molecule has 0 aromatic carbocycles. The molecule has 1 heterocycles. The standard InChI is InChI=1S/C7H5BrF2N2O2/c8-5-3(7(13)14)4(11)2(1-12-5)6(9)10/h1,6H,(H2,11,12)(H,13,14). The van der Waals surface area contributed by atoms with Crippen molar-refractivity contribution in [2.24, 2.45) is 0 Å². The number of pyridine rings is 1. The molecule has 0 bridgehead atoms. The minimum absolute atomic E-state index is 0.0631. The fourth-order valence-electron chi connectivity index (χ4n) is 0.893. The Labute approximate surface area is 85.9 Å². The van der Waals surface area contributed by atoms with E-state index in [9.17, 15) is 13.6 Å². The van der Waals surface area contributed by atoms with Crippen LogP contribution in [0.3, 0.4) is 0 Å². The fourth-order valence-corrected chi connectivity index (χ4v) is 1.38. The molecular formula is C7H5BrF2N2O2. The van der Waals surface area contributed by atoms with Crippen molar-refractivity contribution in [2.45, 2.75) is 6.43 Å². The predicted molar refractivity (Wildman–Crippen MR) is 48.3 cm³/mol. The number of aromatic carboxylic acids is 1. The van der Waals surface area contributed by atoms with Crippen LogP contribution >= 0.6 is 15.9 Å². The van der Waals surface area contributed by atoms with Crippen LogP contribution in [0.4, 0.5) is 14.5 Å². The molecule has 4 nitrogen and oxygen atoms in total. The summed E-state index contributed by atoms with van der Waals surface area (Å²) in [6, 6.07) is 0. The topological polar surface area (TPSA) is 76.2 Å². The SMILES string of the molecule is Nc1c(C(F)F)cnc(Br)c1C(=O)O. The summed E-state index contributed by atoms with van der Waals surface area (Å²) in [6.45, 7) is 0.